The number of nitrogens with two attached hydrogens (primary N) is 1. The highest BCUT2D eigenvalue weighted by molar-refractivity contribution is 6.23. The molecule has 0 radical (unpaired) electrons. The molecule has 0 fully saturated rings. The number of carbonyl (C=O) groups excluding carboxylic acids is 2. The largest absolute Gasteiger partial charge is 0.383 e. The summed E-state index contributed by atoms with van der Waals surface area (Å²) in [5, 5.41) is 0. The van der Waals surface area contributed by atoms with Crippen molar-refractivity contribution in [2.24, 2.45) is 0 Å². The molecule has 78 valence electrons. The number of carbonyl (C=O) groups is 2. The summed E-state index contributed by atoms with van der Waals surface area (Å²) in [7, 11) is 1.44. The molecule has 0 spiro atoms. The smallest absolute Gasteiger partial charge is 0.265 e. The Hall–Kier alpha value is -1.91. The maximum Gasteiger partial charge on any atom is 0.265 e. The molecule has 2 rings (SSSR count). The zero-order valence-corrected chi connectivity index (χ0v) is 8.79. The van der Waals surface area contributed by atoms with Gasteiger partial charge in [-0.1, -0.05) is 0 Å². The molecule has 0 saturated heterocycles. The van der Waals surface area contributed by atoms with Crippen LogP contribution >= 0.6 is 0 Å². The van der Waals surface area contributed by atoms with Crippen molar-refractivity contribution >= 4 is 17.6 Å². The molecule has 1 aromatic rings. The van der Waals surface area contributed by atoms with Crippen LogP contribution < -0.4 is 5.73 Å². The van der Waals surface area contributed by atoms with Crippen LogP contribution in [0.4, 0.5) is 5.82 Å². The van der Waals surface area contributed by atoms with E-state index >= 15 is 0 Å². The first-order valence-electron chi connectivity index (χ1n) is 4.54. The Bertz CT molecular complexity index is 494. The molecule has 0 bridgehead atoms. The van der Waals surface area contributed by atoms with Crippen molar-refractivity contribution in [1.82, 2.24) is 9.88 Å². The second kappa shape index (κ2) is 2.79. The molecule has 2 N–H and O–H groups in total. The van der Waals surface area contributed by atoms with E-state index in [1.54, 1.807) is 13.8 Å². The molecule has 1 aliphatic rings. The number of anilines is 1. The number of nitrogens with zero attached hydrogens (tertiary/aromatic N) is 2. The Morgan fingerprint density at radius 3 is 2.27 bits per heavy atom. The first-order valence-corrected chi connectivity index (χ1v) is 4.54. The molecule has 15 heavy (non-hydrogen) atoms. The molecule has 0 atom stereocenters. The fourth-order valence-electron chi connectivity index (χ4n) is 1.73. The monoisotopic (exact) mass is 205 g/mol. The van der Waals surface area contributed by atoms with Gasteiger partial charge in [-0.3, -0.25) is 14.5 Å². The maximum absolute atomic E-state index is 11.8. The summed E-state index contributed by atoms with van der Waals surface area (Å²) in [6, 6.07) is 0. The van der Waals surface area contributed by atoms with E-state index in [1.807, 2.05) is 0 Å². The number of hydrogen-bond acceptors (Lipinski definition) is 4. The van der Waals surface area contributed by atoms with Gasteiger partial charge in [0.2, 0.25) is 0 Å². The van der Waals surface area contributed by atoms with E-state index in [9.17, 15) is 9.59 Å². The molecule has 0 aliphatic carbocycles. The molecule has 0 aromatic carbocycles. The van der Waals surface area contributed by atoms with Gasteiger partial charge in [0, 0.05) is 12.7 Å². The summed E-state index contributed by atoms with van der Waals surface area (Å²) in [5.74, 6) is -0.538. The Morgan fingerprint density at radius 1 is 1.13 bits per heavy atom. The first kappa shape index (κ1) is 9.64. The molecule has 1 aliphatic heterocycles. The average Bonchev–Trinajstić information content (AvgIpc) is 2.40. The Morgan fingerprint density at radius 2 is 1.67 bits per heavy atom. The highest BCUT2D eigenvalue weighted by atomic mass is 16.2. The summed E-state index contributed by atoms with van der Waals surface area (Å²) in [4.78, 5) is 28.5. The van der Waals surface area contributed by atoms with E-state index in [0.29, 0.717) is 11.3 Å². The highest BCUT2D eigenvalue weighted by Gasteiger charge is 2.37. The minimum absolute atomic E-state index is 0.135. The molecular weight excluding hydrogens is 194 g/mol. The average molecular weight is 205 g/mol. The molecule has 5 heteroatoms. The number of hydrogen-bond donors (Lipinski definition) is 1. The number of aryl methyl sites for hydroxylation is 1. The number of nitrogen functional groups attached to an aromatic ring is 1. The number of rotatable bonds is 0. The lowest BCUT2D eigenvalue weighted by atomic mass is 10.0. The van der Waals surface area contributed by atoms with Crippen molar-refractivity contribution in [3.05, 3.63) is 22.4 Å². The SMILES string of the molecule is Cc1nc(N)c2c(c1C)C(=O)N(C)C2=O. The Kier molecular flexibility index (Phi) is 1.79. The molecule has 0 unspecified atom stereocenters. The predicted octanol–water partition coefficient (Wildman–Crippen LogP) is 0.506. The maximum atomic E-state index is 11.8. The van der Waals surface area contributed by atoms with Crippen molar-refractivity contribution in [3.8, 4) is 0 Å². The van der Waals surface area contributed by atoms with Gasteiger partial charge in [0.15, 0.2) is 0 Å². The third-order valence-electron chi connectivity index (χ3n) is 2.75. The summed E-state index contributed by atoms with van der Waals surface area (Å²) in [5.41, 5.74) is 7.69. The van der Waals surface area contributed by atoms with Crippen molar-refractivity contribution in [2.45, 2.75) is 13.8 Å². The van der Waals surface area contributed by atoms with Gasteiger partial charge in [0.1, 0.15) is 5.82 Å². The van der Waals surface area contributed by atoms with Gasteiger partial charge in [0.25, 0.3) is 11.8 Å². The number of fused-ring (bicyclic) bond motifs is 1. The van der Waals surface area contributed by atoms with Crippen LogP contribution in [-0.2, 0) is 0 Å². The van der Waals surface area contributed by atoms with Crippen molar-refractivity contribution in [3.63, 3.8) is 0 Å². The van der Waals surface area contributed by atoms with Crippen LogP contribution in [0.3, 0.4) is 0 Å². The van der Waals surface area contributed by atoms with Crippen LogP contribution in [0.15, 0.2) is 0 Å². The third kappa shape index (κ3) is 1.06. The first-order chi connectivity index (χ1) is 6.95. The minimum Gasteiger partial charge on any atom is -0.383 e. The van der Waals surface area contributed by atoms with E-state index in [2.05, 4.69) is 4.98 Å². The fraction of sp³-hybridized carbons (Fsp3) is 0.300. The van der Waals surface area contributed by atoms with Crippen LogP contribution in [0.1, 0.15) is 32.0 Å². The van der Waals surface area contributed by atoms with Gasteiger partial charge in [-0.25, -0.2) is 4.98 Å². The van der Waals surface area contributed by atoms with Crippen LogP contribution in [0.2, 0.25) is 0 Å². The molecule has 1 aromatic heterocycles. The molecule has 2 amide bonds. The molecule has 5 nitrogen and oxygen atoms in total. The second-order valence-electron chi connectivity index (χ2n) is 3.63. The van der Waals surface area contributed by atoms with Gasteiger partial charge in [-0.15, -0.1) is 0 Å². The predicted molar refractivity (Wildman–Crippen MR) is 54.5 cm³/mol. The van der Waals surface area contributed by atoms with Crippen LogP contribution in [0.25, 0.3) is 0 Å². The topological polar surface area (TPSA) is 76.3 Å². The normalized spacial score (nSPS) is 14.7. The van der Waals surface area contributed by atoms with Gasteiger partial charge in [0.05, 0.1) is 11.1 Å². The number of amides is 2. The molecule has 0 saturated carbocycles. The van der Waals surface area contributed by atoms with Gasteiger partial charge >= 0.3 is 0 Å². The number of aromatic nitrogens is 1. The van der Waals surface area contributed by atoms with E-state index in [0.717, 1.165) is 10.5 Å². The third-order valence-corrected chi connectivity index (χ3v) is 2.75. The van der Waals surface area contributed by atoms with Crippen LogP contribution in [-0.4, -0.2) is 28.7 Å². The summed E-state index contributed by atoms with van der Waals surface area (Å²) < 4.78 is 0. The molecular formula is C10H11N3O2. The quantitative estimate of drug-likeness (QED) is 0.626. The zero-order chi connectivity index (χ0) is 11.3. The van der Waals surface area contributed by atoms with Crippen molar-refractivity contribution in [1.29, 1.82) is 0 Å². The Labute approximate surface area is 86.9 Å². The second-order valence-corrected chi connectivity index (χ2v) is 3.63. The Balaban J connectivity index is 2.85. The van der Waals surface area contributed by atoms with E-state index < -0.39 is 0 Å². The van der Waals surface area contributed by atoms with Crippen LogP contribution in [0, 0.1) is 13.8 Å². The fourth-order valence-corrected chi connectivity index (χ4v) is 1.73. The molecule has 2 heterocycles. The lowest BCUT2D eigenvalue weighted by Crippen LogP contribution is -2.24. The minimum atomic E-state index is -0.372. The summed E-state index contributed by atoms with van der Waals surface area (Å²) >= 11 is 0. The lowest BCUT2D eigenvalue weighted by molar-refractivity contribution is 0.0693. The van der Waals surface area contributed by atoms with Crippen molar-refractivity contribution in [2.75, 3.05) is 12.8 Å². The van der Waals surface area contributed by atoms with Crippen LogP contribution in [0.5, 0.6) is 0 Å². The van der Waals surface area contributed by atoms with E-state index in [1.165, 1.54) is 7.05 Å². The number of pyridine rings is 1. The van der Waals surface area contributed by atoms with Gasteiger partial charge in [-0.05, 0) is 19.4 Å². The number of imide groups is 1. The highest BCUT2D eigenvalue weighted by Crippen LogP contribution is 2.29. The van der Waals surface area contributed by atoms with Crippen molar-refractivity contribution < 1.29 is 9.59 Å². The zero-order valence-electron chi connectivity index (χ0n) is 8.79. The lowest BCUT2D eigenvalue weighted by Gasteiger charge is -2.05. The van der Waals surface area contributed by atoms with E-state index in [-0.39, 0.29) is 23.2 Å². The summed E-state index contributed by atoms with van der Waals surface area (Å²) in [6.45, 7) is 3.53. The summed E-state index contributed by atoms with van der Waals surface area (Å²) in [6.07, 6.45) is 0. The van der Waals surface area contributed by atoms with Gasteiger partial charge in [-0.2, -0.15) is 0 Å². The standard InChI is InChI=1S/C10H11N3O2/c1-4-5(2)12-8(11)7-6(4)9(14)13(3)10(7)15/h1-3H3,(H2,11,12). The van der Waals surface area contributed by atoms with Gasteiger partial charge < -0.3 is 5.73 Å². The van der Waals surface area contributed by atoms with E-state index in [4.69, 9.17) is 5.73 Å².